The number of hydrogen-bond acceptors (Lipinski definition) is 3. The van der Waals surface area contributed by atoms with E-state index in [0.29, 0.717) is 16.3 Å². The van der Waals surface area contributed by atoms with Gasteiger partial charge < -0.3 is 10.1 Å². The van der Waals surface area contributed by atoms with Gasteiger partial charge in [0, 0.05) is 5.02 Å². The van der Waals surface area contributed by atoms with Crippen molar-refractivity contribution < 1.29 is 9.53 Å². The quantitative estimate of drug-likeness (QED) is 0.919. The number of amides is 1. The summed E-state index contributed by atoms with van der Waals surface area (Å²) in [5.41, 5.74) is 1.32. The molecule has 2 rings (SSSR count). The van der Waals surface area contributed by atoms with Gasteiger partial charge in [-0.25, -0.2) is 0 Å². The Morgan fingerprint density at radius 3 is 2.82 bits per heavy atom. The molecule has 0 aromatic heterocycles. The van der Waals surface area contributed by atoms with E-state index in [1.165, 1.54) is 0 Å². The number of ether oxygens (including phenoxy) is 1. The highest BCUT2D eigenvalue weighted by Crippen LogP contribution is 2.18. The van der Waals surface area contributed by atoms with Gasteiger partial charge in [-0.1, -0.05) is 35.9 Å². The van der Waals surface area contributed by atoms with Crippen LogP contribution in [0.1, 0.15) is 24.1 Å². The Morgan fingerprint density at radius 2 is 2.09 bits per heavy atom. The van der Waals surface area contributed by atoms with Gasteiger partial charge in [0.15, 0.2) is 6.61 Å². The molecular weight excluding hydrogens is 300 g/mol. The van der Waals surface area contributed by atoms with Gasteiger partial charge in [-0.2, -0.15) is 5.26 Å². The molecule has 2 aromatic rings. The van der Waals surface area contributed by atoms with E-state index in [9.17, 15) is 4.79 Å². The Balaban J connectivity index is 1.92. The van der Waals surface area contributed by atoms with E-state index >= 15 is 0 Å². The fraction of sp³-hybridized carbons (Fsp3) is 0.176. The van der Waals surface area contributed by atoms with Crippen molar-refractivity contribution in [1.82, 2.24) is 5.32 Å². The molecule has 1 atom stereocenters. The molecule has 4 nitrogen and oxygen atoms in total. The lowest BCUT2D eigenvalue weighted by molar-refractivity contribution is -0.123. The van der Waals surface area contributed by atoms with Crippen LogP contribution in [0.25, 0.3) is 0 Å². The normalized spacial score (nSPS) is 11.3. The number of nitrogens with one attached hydrogen (secondary N) is 1. The van der Waals surface area contributed by atoms with Gasteiger partial charge >= 0.3 is 0 Å². The SMILES string of the molecule is CC(NC(=O)COc1ccccc1C#N)c1cccc(Cl)c1. The lowest BCUT2D eigenvalue weighted by Gasteiger charge is -2.15. The third kappa shape index (κ3) is 4.24. The smallest absolute Gasteiger partial charge is 0.258 e. The van der Waals surface area contributed by atoms with Gasteiger partial charge in [-0.3, -0.25) is 4.79 Å². The number of nitriles is 1. The summed E-state index contributed by atoms with van der Waals surface area (Å²) in [6.45, 7) is 1.72. The third-order valence-electron chi connectivity index (χ3n) is 3.09. The van der Waals surface area contributed by atoms with Crippen molar-refractivity contribution in [3.63, 3.8) is 0 Å². The molecule has 0 aliphatic carbocycles. The average molecular weight is 315 g/mol. The summed E-state index contributed by atoms with van der Waals surface area (Å²) in [6.07, 6.45) is 0. The largest absolute Gasteiger partial charge is 0.482 e. The van der Waals surface area contributed by atoms with Gasteiger partial charge in [-0.05, 0) is 36.8 Å². The molecule has 0 saturated carbocycles. The highest BCUT2D eigenvalue weighted by Gasteiger charge is 2.11. The molecule has 112 valence electrons. The van der Waals surface area contributed by atoms with Crippen LogP contribution in [0, 0.1) is 11.3 Å². The summed E-state index contributed by atoms with van der Waals surface area (Å²) in [6, 6.07) is 15.9. The minimum atomic E-state index is -0.264. The van der Waals surface area contributed by atoms with E-state index in [2.05, 4.69) is 5.32 Å². The van der Waals surface area contributed by atoms with Gasteiger partial charge in [0.25, 0.3) is 5.91 Å². The fourth-order valence-corrected chi connectivity index (χ4v) is 2.17. The van der Waals surface area contributed by atoms with Gasteiger partial charge in [0.2, 0.25) is 0 Å². The minimum Gasteiger partial charge on any atom is -0.482 e. The second-order valence-corrected chi connectivity index (χ2v) is 5.18. The summed E-state index contributed by atoms with van der Waals surface area (Å²) in [7, 11) is 0. The highest BCUT2D eigenvalue weighted by atomic mass is 35.5. The molecule has 0 aliphatic rings. The van der Waals surface area contributed by atoms with Crippen LogP contribution in [0.15, 0.2) is 48.5 Å². The first-order chi connectivity index (χ1) is 10.6. The average Bonchev–Trinajstić information content (AvgIpc) is 2.53. The molecule has 0 radical (unpaired) electrons. The van der Waals surface area contributed by atoms with Crippen molar-refractivity contribution in [3.05, 3.63) is 64.7 Å². The minimum absolute atomic E-state index is 0.149. The van der Waals surface area contributed by atoms with Gasteiger partial charge in [0.05, 0.1) is 11.6 Å². The molecule has 1 unspecified atom stereocenters. The first-order valence-corrected chi connectivity index (χ1v) is 7.14. The molecule has 0 spiro atoms. The Hall–Kier alpha value is -2.51. The van der Waals surface area contributed by atoms with Crippen molar-refractivity contribution in [2.24, 2.45) is 0 Å². The lowest BCUT2D eigenvalue weighted by atomic mass is 10.1. The number of para-hydroxylation sites is 1. The fourth-order valence-electron chi connectivity index (χ4n) is 1.97. The van der Waals surface area contributed by atoms with Crippen LogP contribution in [0.2, 0.25) is 5.02 Å². The van der Waals surface area contributed by atoms with Crippen molar-refractivity contribution in [2.45, 2.75) is 13.0 Å². The zero-order valence-corrected chi connectivity index (χ0v) is 12.8. The lowest BCUT2D eigenvalue weighted by Crippen LogP contribution is -2.31. The summed E-state index contributed by atoms with van der Waals surface area (Å²) < 4.78 is 5.39. The van der Waals surface area contributed by atoms with Gasteiger partial charge in [0.1, 0.15) is 11.8 Å². The van der Waals surface area contributed by atoms with Crippen LogP contribution in [0.3, 0.4) is 0 Å². The third-order valence-corrected chi connectivity index (χ3v) is 3.33. The highest BCUT2D eigenvalue weighted by molar-refractivity contribution is 6.30. The topological polar surface area (TPSA) is 62.1 Å². The zero-order valence-electron chi connectivity index (χ0n) is 12.0. The Kier molecular flexibility index (Phi) is 5.40. The Morgan fingerprint density at radius 1 is 1.32 bits per heavy atom. The molecule has 0 aliphatic heterocycles. The molecular formula is C17H15ClN2O2. The van der Waals surface area contributed by atoms with Crippen LogP contribution in [0.4, 0.5) is 0 Å². The monoisotopic (exact) mass is 314 g/mol. The van der Waals surface area contributed by atoms with Crippen molar-refractivity contribution in [2.75, 3.05) is 6.61 Å². The summed E-state index contributed by atoms with van der Waals surface area (Å²) in [5, 5.41) is 12.4. The molecule has 1 N–H and O–H groups in total. The van der Waals surface area contributed by atoms with E-state index in [-0.39, 0.29) is 18.6 Å². The van der Waals surface area contributed by atoms with E-state index in [4.69, 9.17) is 21.6 Å². The number of carbonyl (C=O) groups is 1. The van der Waals surface area contributed by atoms with Crippen LogP contribution >= 0.6 is 11.6 Å². The van der Waals surface area contributed by atoms with Crippen molar-refractivity contribution >= 4 is 17.5 Å². The molecule has 5 heteroatoms. The molecule has 1 amide bonds. The molecule has 0 fully saturated rings. The summed E-state index contributed by atoms with van der Waals surface area (Å²) in [4.78, 5) is 11.9. The molecule has 22 heavy (non-hydrogen) atoms. The second-order valence-electron chi connectivity index (χ2n) is 4.74. The summed E-state index contributed by atoms with van der Waals surface area (Å²) >= 11 is 5.93. The maximum absolute atomic E-state index is 11.9. The van der Waals surface area contributed by atoms with Crippen LogP contribution in [-0.2, 0) is 4.79 Å². The first kappa shape index (κ1) is 15.9. The maximum Gasteiger partial charge on any atom is 0.258 e. The molecule has 0 saturated heterocycles. The first-order valence-electron chi connectivity index (χ1n) is 6.77. The summed E-state index contributed by atoms with van der Waals surface area (Å²) in [5.74, 6) is 0.135. The number of halogens is 1. The second kappa shape index (κ2) is 7.48. The predicted molar refractivity (Wildman–Crippen MR) is 84.7 cm³/mol. The van der Waals surface area contributed by atoms with E-state index in [1.54, 1.807) is 36.4 Å². The van der Waals surface area contributed by atoms with E-state index in [1.807, 2.05) is 25.1 Å². The number of nitrogens with zero attached hydrogens (tertiary/aromatic N) is 1. The van der Waals surface area contributed by atoms with Crippen molar-refractivity contribution in [1.29, 1.82) is 5.26 Å². The number of rotatable bonds is 5. The number of benzene rings is 2. The number of hydrogen-bond donors (Lipinski definition) is 1. The van der Waals surface area contributed by atoms with E-state index in [0.717, 1.165) is 5.56 Å². The Labute approximate surface area is 134 Å². The standard InChI is InChI=1S/C17H15ClN2O2/c1-12(13-6-4-7-15(18)9-13)20-17(21)11-22-16-8-3-2-5-14(16)10-19/h2-9,12H,11H2,1H3,(H,20,21). The number of carbonyl (C=O) groups excluding carboxylic acids is 1. The molecule has 0 heterocycles. The maximum atomic E-state index is 11.9. The van der Waals surface area contributed by atoms with Crippen LogP contribution < -0.4 is 10.1 Å². The Bertz CT molecular complexity index is 710. The van der Waals surface area contributed by atoms with Crippen LogP contribution in [-0.4, -0.2) is 12.5 Å². The molecule has 0 bridgehead atoms. The zero-order chi connectivity index (χ0) is 15.9. The van der Waals surface area contributed by atoms with E-state index < -0.39 is 0 Å². The predicted octanol–water partition coefficient (Wildman–Crippen LogP) is 3.47. The van der Waals surface area contributed by atoms with Crippen LogP contribution in [0.5, 0.6) is 5.75 Å². The van der Waals surface area contributed by atoms with Crippen molar-refractivity contribution in [3.8, 4) is 11.8 Å². The molecule has 2 aromatic carbocycles. The van der Waals surface area contributed by atoms with Gasteiger partial charge in [-0.15, -0.1) is 0 Å².